The van der Waals surface area contributed by atoms with Crippen LogP contribution in [-0.2, 0) is 9.53 Å². The molecule has 16 heavy (non-hydrogen) atoms. The summed E-state index contributed by atoms with van der Waals surface area (Å²) in [6.07, 6.45) is 1.86. The van der Waals surface area contributed by atoms with Gasteiger partial charge in [0.25, 0.3) is 0 Å². The molecule has 0 saturated carbocycles. The SMILES string of the molecule is CC1CC(NC(=O)NC(=O)CCCl)CCO1. The Kier molecular flexibility index (Phi) is 5.55. The molecule has 0 aliphatic carbocycles. The number of urea groups is 1. The Bertz CT molecular complexity index is 260. The number of carbonyl (C=O) groups is 2. The summed E-state index contributed by atoms with van der Waals surface area (Å²) >= 11 is 5.38. The largest absolute Gasteiger partial charge is 0.378 e. The molecule has 1 rings (SSSR count). The Morgan fingerprint density at radius 3 is 2.88 bits per heavy atom. The van der Waals surface area contributed by atoms with E-state index >= 15 is 0 Å². The van der Waals surface area contributed by atoms with E-state index < -0.39 is 6.03 Å². The lowest BCUT2D eigenvalue weighted by atomic mass is 10.0. The number of imide groups is 1. The van der Waals surface area contributed by atoms with Gasteiger partial charge in [0.05, 0.1) is 6.10 Å². The smallest absolute Gasteiger partial charge is 0.321 e. The molecule has 92 valence electrons. The standard InChI is InChI=1S/C10H17ClN2O3/c1-7-6-8(3-5-16-7)12-10(15)13-9(14)2-4-11/h7-8H,2-6H2,1H3,(H2,12,13,14,15). The zero-order valence-electron chi connectivity index (χ0n) is 9.29. The lowest BCUT2D eigenvalue weighted by Gasteiger charge is -2.27. The number of halogens is 1. The van der Waals surface area contributed by atoms with Crippen molar-refractivity contribution in [1.29, 1.82) is 0 Å². The molecular formula is C10H17ClN2O3. The number of hydrogen-bond donors (Lipinski definition) is 2. The van der Waals surface area contributed by atoms with Crippen molar-refractivity contribution in [3.8, 4) is 0 Å². The van der Waals surface area contributed by atoms with E-state index in [2.05, 4.69) is 10.6 Å². The van der Waals surface area contributed by atoms with Crippen molar-refractivity contribution in [2.24, 2.45) is 0 Å². The van der Waals surface area contributed by atoms with Crippen LogP contribution in [0.1, 0.15) is 26.2 Å². The molecule has 0 bridgehead atoms. The topological polar surface area (TPSA) is 67.4 Å². The van der Waals surface area contributed by atoms with Crippen molar-refractivity contribution in [3.05, 3.63) is 0 Å². The fraction of sp³-hybridized carbons (Fsp3) is 0.800. The first-order valence-corrected chi connectivity index (χ1v) is 5.93. The first-order valence-electron chi connectivity index (χ1n) is 5.39. The maximum atomic E-state index is 11.4. The molecule has 0 radical (unpaired) electrons. The van der Waals surface area contributed by atoms with Crippen molar-refractivity contribution in [3.63, 3.8) is 0 Å². The predicted molar refractivity (Wildman–Crippen MR) is 60.4 cm³/mol. The maximum absolute atomic E-state index is 11.4. The van der Waals surface area contributed by atoms with Crippen molar-refractivity contribution in [1.82, 2.24) is 10.6 Å². The number of ether oxygens (including phenoxy) is 1. The molecule has 0 spiro atoms. The lowest BCUT2D eigenvalue weighted by molar-refractivity contribution is -0.119. The molecule has 1 aliphatic rings. The molecule has 5 nitrogen and oxygen atoms in total. The fourth-order valence-electron chi connectivity index (χ4n) is 1.63. The Labute approximate surface area is 99.9 Å². The highest BCUT2D eigenvalue weighted by Gasteiger charge is 2.21. The van der Waals surface area contributed by atoms with Crippen LogP contribution in [0.2, 0.25) is 0 Å². The van der Waals surface area contributed by atoms with Crippen molar-refractivity contribution in [2.45, 2.75) is 38.3 Å². The highest BCUT2D eigenvalue weighted by molar-refractivity contribution is 6.19. The summed E-state index contributed by atoms with van der Waals surface area (Å²) in [5.41, 5.74) is 0. The van der Waals surface area contributed by atoms with E-state index in [9.17, 15) is 9.59 Å². The summed E-state index contributed by atoms with van der Waals surface area (Å²) < 4.78 is 5.35. The summed E-state index contributed by atoms with van der Waals surface area (Å²) in [7, 11) is 0. The molecule has 1 aliphatic heterocycles. The van der Waals surface area contributed by atoms with Gasteiger partial charge < -0.3 is 10.1 Å². The third-order valence-corrected chi connectivity index (χ3v) is 2.58. The average Bonchev–Trinajstić information content (AvgIpc) is 2.17. The molecule has 2 atom stereocenters. The van der Waals surface area contributed by atoms with Gasteiger partial charge in [0.2, 0.25) is 5.91 Å². The Morgan fingerprint density at radius 1 is 1.50 bits per heavy atom. The van der Waals surface area contributed by atoms with E-state index in [1.54, 1.807) is 0 Å². The monoisotopic (exact) mass is 248 g/mol. The van der Waals surface area contributed by atoms with E-state index in [1.165, 1.54) is 0 Å². The molecule has 0 aromatic rings. The summed E-state index contributed by atoms with van der Waals surface area (Å²) in [5.74, 6) is -0.138. The van der Waals surface area contributed by atoms with Gasteiger partial charge >= 0.3 is 6.03 Å². The van der Waals surface area contributed by atoms with E-state index in [0.717, 1.165) is 12.8 Å². The van der Waals surface area contributed by atoms with Crippen LogP contribution in [0.4, 0.5) is 4.79 Å². The van der Waals surface area contributed by atoms with Gasteiger partial charge in [0, 0.05) is 24.9 Å². The van der Waals surface area contributed by atoms with E-state index in [-0.39, 0.29) is 30.4 Å². The van der Waals surface area contributed by atoms with Gasteiger partial charge in [-0.05, 0) is 19.8 Å². The first-order chi connectivity index (χ1) is 7.61. The number of rotatable bonds is 3. The summed E-state index contributed by atoms with van der Waals surface area (Å²) in [4.78, 5) is 22.5. The molecule has 1 fully saturated rings. The molecule has 1 heterocycles. The van der Waals surface area contributed by atoms with Crippen molar-refractivity contribution < 1.29 is 14.3 Å². The van der Waals surface area contributed by atoms with Crippen molar-refractivity contribution >= 4 is 23.5 Å². The van der Waals surface area contributed by atoms with Crippen LogP contribution < -0.4 is 10.6 Å². The summed E-state index contributed by atoms with van der Waals surface area (Å²) in [5, 5.41) is 4.97. The van der Waals surface area contributed by atoms with E-state index in [4.69, 9.17) is 16.3 Å². The Morgan fingerprint density at radius 2 is 2.25 bits per heavy atom. The van der Waals surface area contributed by atoms with Crippen molar-refractivity contribution in [2.75, 3.05) is 12.5 Å². The lowest BCUT2D eigenvalue weighted by Crippen LogP contribution is -2.47. The van der Waals surface area contributed by atoms with Gasteiger partial charge in [0.1, 0.15) is 0 Å². The summed E-state index contributed by atoms with van der Waals surface area (Å²) in [6.45, 7) is 2.60. The number of hydrogen-bond acceptors (Lipinski definition) is 3. The molecular weight excluding hydrogens is 232 g/mol. The third kappa shape index (κ3) is 4.81. The second-order valence-electron chi connectivity index (χ2n) is 3.86. The number of amides is 3. The minimum absolute atomic E-state index is 0.0764. The van der Waals surface area contributed by atoms with Crippen LogP contribution in [-0.4, -0.2) is 36.6 Å². The zero-order chi connectivity index (χ0) is 12.0. The second kappa shape index (κ2) is 6.70. The molecule has 0 aromatic carbocycles. The van der Waals surface area contributed by atoms with Gasteiger partial charge in [-0.15, -0.1) is 11.6 Å². The molecule has 2 unspecified atom stereocenters. The normalized spacial score (nSPS) is 24.9. The Hall–Kier alpha value is -0.810. The van der Waals surface area contributed by atoms with Gasteiger partial charge in [0.15, 0.2) is 0 Å². The molecule has 3 amide bonds. The first kappa shape index (κ1) is 13.3. The second-order valence-corrected chi connectivity index (χ2v) is 4.24. The summed E-state index contributed by atoms with van der Waals surface area (Å²) in [6, 6.07) is -0.373. The zero-order valence-corrected chi connectivity index (χ0v) is 10.0. The maximum Gasteiger partial charge on any atom is 0.321 e. The van der Waals surface area contributed by atoms with Gasteiger partial charge in [-0.25, -0.2) is 4.79 Å². The highest BCUT2D eigenvalue weighted by atomic mass is 35.5. The van der Waals surface area contributed by atoms with Crippen LogP contribution in [0.3, 0.4) is 0 Å². The predicted octanol–water partition coefficient (Wildman–Crippen LogP) is 1.01. The molecule has 1 saturated heterocycles. The molecule has 6 heteroatoms. The van der Waals surface area contributed by atoms with Gasteiger partial charge in [-0.1, -0.05) is 0 Å². The van der Waals surface area contributed by atoms with Crippen LogP contribution in [0.5, 0.6) is 0 Å². The average molecular weight is 249 g/mol. The third-order valence-electron chi connectivity index (χ3n) is 2.39. The quantitative estimate of drug-likeness (QED) is 0.733. The molecule has 2 N–H and O–H groups in total. The van der Waals surface area contributed by atoms with Crippen LogP contribution in [0, 0.1) is 0 Å². The fourth-order valence-corrected chi connectivity index (χ4v) is 1.80. The van der Waals surface area contributed by atoms with Crippen LogP contribution in [0.15, 0.2) is 0 Å². The number of carbonyl (C=O) groups excluding carboxylic acids is 2. The van der Waals surface area contributed by atoms with Crippen LogP contribution >= 0.6 is 11.6 Å². The van der Waals surface area contributed by atoms with E-state index in [1.807, 2.05) is 6.92 Å². The minimum Gasteiger partial charge on any atom is -0.378 e. The molecule has 0 aromatic heterocycles. The number of alkyl halides is 1. The van der Waals surface area contributed by atoms with Crippen LogP contribution in [0.25, 0.3) is 0 Å². The highest BCUT2D eigenvalue weighted by Crippen LogP contribution is 2.12. The van der Waals surface area contributed by atoms with Gasteiger partial charge in [-0.2, -0.15) is 0 Å². The van der Waals surface area contributed by atoms with Gasteiger partial charge in [-0.3, -0.25) is 10.1 Å². The van der Waals surface area contributed by atoms with E-state index in [0.29, 0.717) is 6.61 Å². The Balaban J connectivity index is 2.25. The number of nitrogens with one attached hydrogen (secondary N) is 2. The minimum atomic E-state index is -0.450.